The highest BCUT2D eigenvalue weighted by Gasteiger charge is 2.22. The maximum absolute atomic E-state index is 13.0. The predicted octanol–water partition coefficient (Wildman–Crippen LogP) is 1.17. The van der Waals surface area contributed by atoms with E-state index in [1.54, 1.807) is 0 Å². The molecule has 0 spiro atoms. The average Bonchev–Trinajstić information content (AvgIpc) is 2.34. The maximum Gasteiger partial charge on any atom is 0.451 e. The van der Waals surface area contributed by atoms with Gasteiger partial charge in [-0.05, 0) is 45.5 Å². The largest absolute Gasteiger partial charge is 0.451 e. The van der Waals surface area contributed by atoms with Crippen molar-refractivity contribution in [2.45, 2.75) is 63.5 Å². The minimum Gasteiger partial charge on any atom is -0.427 e. The van der Waals surface area contributed by atoms with Crippen molar-refractivity contribution in [3.63, 3.8) is 0 Å². The molecule has 0 amide bonds. The molecule has 0 aromatic rings. The van der Waals surface area contributed by atoms with Crippen LogP contribution in [0.1, 0.15) is 45.4 Å². The van der Waals surface area contributed by atoms with Gasteiger partial charge in [-0.1, -0.05) is 12.8 Å². The summed E-state index contributed by atoms with van der Waals surface area (Å²) in [6, 6.07) is 0. The molecule has 112 valence electrons. The van der Waals surface area contributed by atoms with Gasteiger partial charge in [0.2, 0.25) is 0 Å². The summed E-state index contributed by atoms with van der Waals surface area (Å²) in [6.45, 7) is 4.66. The number of nitrogens with two attached hydrogens (primary N) is 1. The Morgan fingerprint density at radius 1 is 1.26 bits per heavy atom. The van der Waals surface area contributed by atoms with Crippen LogP contribution in [0.25, 0.3) is 0 Å². The molecule has 0 saturated carbocycles. The first-order valence-electron chi connectivity index (χ1n) is 7.40. The van der Waals surface area contributed by atoms with Gasteiger partial charge in [-0.25, -0.2) is 4.39 Å². The second-order valence-corrected chi connectivity index (χ2v) is 6.15. The molecule has 1 rings (SSSR count). The number of piperidine rings is 1. The van der Waals surface area contributed by atoms with Crippen LogP contribution in [0.2, 0.25) is 6.32 Å². The van der Waals surface area contributed by atoms with Gasteiger partial charge in [-0.15, -0.1) is 0 Å². The molecule has 1 aliphatic rings. The van der Waals surface area contributed by atoms with Gasteiger partial charge < -0.3 is 20.7 Å². The van der Waals surface area contributed by atoms with Crippen LogP contribution in [-0.2, 0) is 0 Å². The Labute approximate surface area is 116 Å². The van der Waals surface area contributed by atoms with Crippen molar-refractivity contribution in [3.8, 4) is 0 Å². The van der Waals surface area contributed by atoms with E-state index in [1.165, 1.54) is 0 Å². The van der Waals surface area contributed by atoms with Crippen molar-refractivity contribution < 1.29 is 14.4 Å². The predicted molar refractivity (Wildman–Crippen MR) is 76.6 cm³/mol. The Bertz CT molecular complexity index is 247. The number of rotatable bonds is 8. The van der Waals surface area contributed by atoms with E-state index in [1.807, 2.05) is 6.92 Å². The summed E-state index contributed by atoms with van der Waals surface area (Å²) in [7, 11) is -1.20. The minimum absolute atomic E-state index is 0.215. The second-order valence-electron chi connectivity index (χ2n) is 6.15. The second kappa shape index (κ2) is 8.20. The molecule has 1 atom stereocenters. The van der Waals surface area contributed by atoms with Gasteiger partial charge in [0.25, 0.3) is 0 Å². The number of unbranched alkanes of at least 4 members (excludes halogenated alkanes) is 1. The van der Waals surface area contributed by atoms with Crippen molar-refractivity contribution >= 4 is 7.12 Å². The summed E-state index contributed by atoms with van der Waals surface area (Å²) in [4.78, 5) is 2.29. The van der Waals surface area contributed by atoms with Crippen LogP contribution in [0.3, 0.4) is 0 Å². The van der Waals surface area contributed by atoms with Gasteiger partial charge >= 0.3 is 7.12 Å². The lowest BCUT2D eigenvalue weighted by Gasteiger charge is -2.32. The summed E-state index contributed by atoms with van der Waals surface area (Å²) >= 11 is 0. The van der Waals surface area contributed by atoms with Crippen LogP contribution in [-0.4, -0.2) is 53.4 Å². The number of likely N-dealkylation sites (tertiary alicyclic amines) is 1. The normalized spacial score (nSPS) is 21.3. The third kappa shape index (κ3) is 7.87. The zero-order valence-corrected chi connectivity index (χ0v) is 12.0. The Morgan fingerprint density at radius 2 is 1.89 bits per heavy atom. The van der Waals surface area contributed by atoms with E-state index in [-0.39, 0.29) is 5.54 Å². The van der Waals surface area contributed by atoms with E-state index in [0.717, 1.165) is 45.3 Å². The lowest BCUT2D eigenvalue weighted by Crippen LogP contribution is -2.42. The van der Waals surface area contributed by atoms with E-state index in [2.05, 4.69) is 4.90 Å². The van der Waals surface area contributed by atoms with Crippen molar-refractivity contribution in [2.24, 2.45) is 5.73 Å². The molecule has 1 aliphatic heterocycles. The van der Waals surface area contributed by atoms with Crippen LogP contribution in [0, 0.1) is 0 Å². The fourth-order valence-corrected chi connectivity index (χ4v) is 2.52. The molecule has 0 aliphatic carbocycles. The molecule has 1 fully saturated rings. The molecular weight excluding hydrogens is 246 g/mol. The first kappa shape index (κ1) is 16.9. The Morgan fingerprint density at radius 3 is 2.47 bits per heavy atom. The van der Waals surface area contributed by atoms with Crippen LogP contribution in [0.4, 0.5) is 4.39 Å². The van der Waals surface area contributed by atoms with Gasteiger partial charge in [0.05, 0.1) is 0 Å². The third-order valence-electron chi connectivity index (χ3n) is 3.98. The molecule has 19 heavy (non-hydrogen) atoms. The van der Waals surface area contributed by atoms with Gasteiger partial charge in [-0.3, -0.25) is 0 Å². The number of alkyl halides is 1. The van der Waals surface area contributed by atoms with Crippen molar-refractivity contribution in [1.29, 1.82) is 0 Å². The molecule has 0 aromatic heterocycles. The summed E-state index contributed by atoms with van der Waals surface area (Å²) in [5.74, 6) is 0. The molecule has 1 heterocycles. The highest BCUT2D eigenvalue weighted by molar-refractivity contribution is 6.40. The standard InChI is InChI=1S/C13H28BFN2O2/c1-13(16,6-2-3-8-14(18)19)7-11-17-9-4-12(15)5-10-17/h12,18-19H,2-11,16H2,1H3. The summed E-state index contributed by atoms with van der Waals surface area (Å²) in [6.07, 6.45) is 4.59. The highest BCUT2D eigenvalue weighted by Crippen LogP contribution is 2.19. The monoisotopic (exact) mass is 274 g/mol. The number of halogens is 1. The number of hydrogen-bond acceptors (Lipinski definition) is 4. The fourth-order valence-electron chi connectivity index (χ4n) is 2.52. The van der Waals surface area contributed by atoms with Gasteiger partial charge in [0, 0.05) is 18.6 Å². The van der Waals surface area contributed by atoms with Crippen LogP contribution in [0.15, 0.2) is 0 Å². The van der Waals surface area contributed by atoms with E-state index in [4.69, 9.17) is 15.8 Å². The van der Waals surface area contributed by atoms with E-state index >= 15 is 0 Å². The zero-order chi connectivity index (χ0) is 14.3. The SMILES string of the molecule is CC(N)(CCCCB(O)O)CCN1CCC(F)CC1. The molecule has 1 saturated heterocycles. The molecule has 1 unspecified atom stereocenters. The van der Waals surface area contributed by atoms with E-state index in [0.29, 0.717) is 19.2 Å². The van der Waals surface area contributed by atoms with Gasteiger partial charge in [-0.2, -0.15) is 0 Å². The van der Waals surface area contributed by atoms with Crippen LogP contribution in [0.5, 0.6) is 0 Å². The molecule has 4 N–H and O–H groups in total. The highest BCUT2D eigenvalue weighted by atomic mass is 19.1. The first-order valence-corrected chi connectivity index (χ1v) is 7.40. The molecule has 0 aromatic carbocycles. The van der Waals surface area contributed by atoms with Crippen molar-refractivity contribution in [1.82, 2.24) is 4.90 Å². The Balaban J connectivity index is 2.12. The smallest absolute Gasteiger partial charge is 0.427 e. The van der Waals surface area contributed by atoms with E-state index in [9.17, 15) is 4.39 Å². The molecule has 0 bridgehead atoms. The molecular formula is C13H28BFN2O2. The molecule has 4 nitrogen and oxygen atoms in total. The Kier molecular flexibility index (Phi) is 7.28. The number of nitrogens with zero attached hydrogens (tertiary/aromatic N) is 1. The molecule has 6 heteroatoms. The fraction of sp³-hybridized carbons (Fsp3) is 1.00. The first-order chi connectivity index (χ1) is 8.89. The summed E-state index contributed by atoms with van der Waals surface area (Å²) in [5, 5.41) is 17.5. The summed E-state index contributed by atoms with van der Waals surface area (Å²) < 4.78 is 13.0. The average molecular weight is 274 g/mol. The summed E-state index contributed by atoms with van der Waals surface area (Å²) in [5.41, 5.74) is 6.04. The lowest BCUT2D eigenvalue weighted by molar-refractivity contribution is 0.141. The third-order valence-corrected chi connectivity index (χ3v) is 3.98. The maximum atomic E-state index is 13.0. The number of hydrogen-bond donors (Lipinski definition) is 3. The van der Waals surface area contributed by atoms with Crippen molar-refractivity contribution in [2.75, 3.05) is 19.6 Å². The lowest BCUT2D eigenvalue weighted by atomic mass is 9.82. The van der Waals surface area contributed by atoms with Gasteiger partial charge in [0.1, 0.15) is 6.17 Å². The quantitative estimate of drug-likeness (QED) is 0.459. The van der Waals surface area contributed by atoms with Gasteiger partial charge in [0.15, 0.2) is 0 Å². The Hall–Kier alpha value is -0.165. The minimum atomic E-state index is -1.20. The van der Waals surface area contributed by atoms with E-state index < -0.39 is 13.3 Å². The van der Waals surface area contributed by atoms with Crippen LogP contribution < -0.4 is 5.73 Å². The topological polar surface area (TPSA) is 69.7 Å². The molecule has 0 radical (unpaired) electrons. The zero-order valence-electron chi connectivity index (χ0n) is 12.0. The van der Waals surface area contributed by atoms with Crippen molar-refractivity contribution in [3.05, 3.63) is 0 Å². The van der Waals surface area contributed by atoms with Crippen LogP contribution >= 0.6 is 0 Å².